The van der Waals surface area contributed by atoms with Gasteiger partial charge >= 0.3 is 6.18 Å². The molecule has 8 heteroatoms. The third-order valence-corrected chi connectivity index (χ3v) is 6.96. The van der Waals surface area contributed by atoms with E-state index in [1.807, 2.05) is 0 Å². The SMILES string of the molecule is CO[C@@]1(C(F)(F)F)O[C@@H]2O[C@]3(C)CC[C@H]4[C@H](C)CC[C@@H]([C@H]1C)[C@@]24OO3. The van der Waals surface area contributed by atoms with Gasteiger partial charge in [-0.3, -0.25) is 0 Å². The summed E-state index contributed by atoms with van der Waals surface area (Å²) in [6.07, 6.45) is -3.11. The molecule has 0 aromatic carbocycles. The summed E-state index contributed by atoms with van der Waals surface area (Å²) in [7, 11) is 1.04. The van der Waals surface area contributed by atoms with Crippen LogP contribution in [-0.4, -0.2) is 36.8 Å². The van der Waals surface area contributed by atoms with Gasteiger partial charge in [0.25, 0.3) is 5.79 Å². The van der Waals surface area contributed by atoms with Gasteiger partial charge in [-0.25, -0.2) is 9.78 Å². The van der Waals surface area contributed by atoms with Crippen molar-refractivity contribution in [3.05, 3.63) is 0 Å². The van der Waals surface area contributed by atoms with Gasteiger partial charge in [0.2, 0.25) is 5.79 Å². The van der Waals surface area contributed by atoms with Gasteiger partial charge in [-0.05, 0) is 38.0 Å². The lowest BCUT2D eigenvalue weighted by Gasteiger charge is -2.62. The zero-order valence-corrected chi connectivity index (χ0v) is 14.9. The first-order chi connectivity index (χ1) is 11.6. The number of alkyl halides is 3. The molecule has 1 spiro atoms. The first-order valence-electron chi connectivity index (χ1n) is 8.94. The van der Waals surface area contributed by atoms with Gasteiger partial charge in [-0.2, -0.15) is 13.2 Å². The maximum absolute atomic E-state index is 14.0. The maximum Gasteiger partial charge on any atom is 0.443 e. The molecular formula is C17H25F3O5. The molecule has 0 aromatic rings. The molecule has 0 N–H and O–H groups in total. The Morgan fingerprint density at radius 3 is 2.36 bits per heavy atom. The average Bonchev–Trinajstić information content (AvgIpc) is 2.76. The van der Waals surface area contributed by atoms with Gasteiger partial charge in [0.1, 0.15) is 0 Å². The minimum Gasteiger partial charge on any atom is -0.346 e. The van der Waals surface area contributed by atoms with E-state index < -0.39 is 41.5 Å². The molecule has 1 aliphatic carbocycles. The van der Waals surface area contributed by atoms with E-state index in [0.717, 1.165) is 20.0 Å². The number of ether oxygens (including phenoxy) is 3. The van der Waals surface area contributed by atoms with Crippen molar-refractivity contribution < 1.29 is 37.2 Å². The predicted molar refractivity (Wildman–Crippen MR) is 78.8 cm³/mol. The van der Waals surface area contributed by atoms with Crippen LogP contribution < -0.4 is 0 Å². The highest BCUT2D eigenvalue weighted by atomic mass is 19.4. The van der Waals surface area contributed by atoms with Crippen LogP contribution >= 0.6 is 0 Å². The second-order valence-electron chi connectivity index (χ2n) is 8.19. The monoisotopic (exact) mass is 366 g/mol. The molecule has 25 heavy (non-hydrogen) atoms. The minimum absolute atomic E-state index is 0.0196. The van der Waals surface area contributed by atoms with Crippen molar-refractivity contribution in [3.63, 3.8) is 0 Å². The highest BCUT2D eigenvalue weighted by molar-refractivity contribution is 5.12. The number of rotatable bonds is 1. The molecule has 0 radical (unpaired) electrons. The summed E-state index contributed by atoms with van der Waals surface area (Å²) in [5, 5.41) is 0. The van der Waals surface area contributed by atoms with Crippen LogP contribution in [0.1, 0.15) is 46.5 Å². The fraction of sp³-hybridized carbons (Fsp3) is 1.00. The van der Waals surface area contributed by atoms with Crippen molar-refractivity contribution in [2.75, 3.05) is 7.11 Å². The summed E-state index contributed by atoms with van der Waals surface area (Å²) in [6.45, 7) is 5.33. The van der Waals surface area contributed by atoms with Crippen LogP contribution in [0.5, 0.6) is 0 Å². The zero-order chi connectivity index (χ0) is 18.3. The van der Waals surface area contributed by atoms with Crippen LogP contribution in [0.4, 0.5) is 13.2 Å². The summed E-state index contributed by atoms with van der Waals surface area (Å²) in [5.74, 6) is -4.88. The smallest absolute Gasteiger partial charge is 0.346 e. The first-order valence-corrected chi connectivity index (χ1v) is 8.94. The third kappa shape index (κ3) is 2.15. The van der Waals surface area contributed by atoms with Crippen LogP contribution in [0.15, 0.2) is 0 Å². The van der Waals surface area contributed by atoms with E-state index >= 15 is 0 Å². The van der Waals surface area contributed by atoms with Crippen molar-refractivity contribution in [2.45, 2.75) is 76.1 Å². The lowest BCUT2D eigenvalue weighted by Crippen LogP contribution is -2.75. The molecule has 5 fully saturated rings. The van der Waals surface area contributed by atoms with Crippen LogP contribution in [0.3, 0.4) is 0 Å². The molecule has 0 aromatic heterocycles. The van der Waals surface area contributed by atoms with Gasteiger partial charge in [-0.1, -0.05) is 13.8 Å². The van der Waals surface area contributed by atoms with Crippen LogP contribution in [0, 0.1) is 23.7 Å². The molecule has 144 valence electrons. The lowest BCUT2D eigenvalue weighted by atomic mass is 9.57. The molecule has 0 unspecified atom stereocenters. The lowest BCUT2D eigenvalue weighted by molar-refractivity contribution is -0.597. The summed E-state index contributed by atoms with van der Waals surface area (Å²) in [4.78, 5) is 11.4. The first kappa shape index (κ1) is 18.0. The molecule has 1 saturated carbocycles. The van der Waals surface area contributed by atoms with Gasteiger partial charge in [0.15, 0.2) is 11.9 Å². The second kappa shape index (κ2) is 5.32. The summed E-state index contributed by atoms with van der Waals surface area (Å²) >= 11 is 0. The van der Waals surface area contributed by atoms with Crippen molar-refractivity contribution in [3.8, 4) is 0 Å². The van der Waals surface area contributed by atoms with E-state index in [1.165, 1.54) is 6.92 Å². The highest BCUT2D eigenvalue weighted by Gasteiger charge is 2.77. The topological polar surface area (TPSA) is 46.2 Å². The van der Waals surface area contributed by atoms with Gasteiger partial charge in [-0.15, -0.1) is 0 Å². The minimum atomic E-state index is -4.68. The molecule has 4 saturated heterocycles. The second-order valence-corrected chi connectivity index (χ2v) is 8.19. The van der Waals surface area contributed by atoms with E-state index in [9.17, 15) is 13.2 Å². The maximum atomic E-state index is 14.0. The largest absolute Gasteiger partial charge is 0.443 e. The molecular weight excluding hydrogens is 341 g/mol. The van der Waals surface area contributed by atoms with E-state index in [1.54, 1.807) is 6.92 Å². The van der Waals surface area contributed by atoms with Crippen molar-refractivity contribution in [1.82, 2.24) is 0 Å². The Bertz CT molecular complexity index is 557. The molecule has 4 heterocycles. The Morgan fingerprint density at radius 2 is 1.72 bits per heavy atom. The average molecular weight is 366 g/mol. The number of hydrogen-bond donors (Lipinski definition) is 0. The van der Waals surface area contributed by atoms with E-state index in [4.69, 9.17) is 24.0 Å². The highest BCUT2D eigenvalue weighted by Crippen LogP contribution is 2.64. The van der Waals surface area contributed by atoms with Crippen LogP contribution in [0.2, 0.25) is 0 Å². The number of methoxy groups -OCH3 is 1. The van der Waals surface area contributed by atoms with E-state index in [2.05, 4.69) is 6.92 Å². The van der Waals surface area contributed by atoms with E-state index in [0.29, 0.717) is 18.8 Å². The predicted octanol–water partition coefficient (Wildman–Crippen LogP) is 3.77. The standard InChI is InChI=1S/C17H25F3O5/c1-9-5-6-12-10(2)16(21-4,17(18,19)20)23-13-15(12)11(9)7-8-14(3,22-13)24-25-15/h9-13H,5-8H2,1-4H3/t9-,10-,11+,12+,13+,14+,15-,16-/m1/s1. The molecule has 5 nitrogen and oxygen atoms in total. The molecule has 4 aliphatic heterocycles. The van der Waals surface area contributed by atoms with Gasteiger partial charge < -0.3 is 14.2 Å². The Hall–Kier alpha value is -0.410. The van der Waals surface area contributed by atoms with Crippen LogP contribution in [-0.2, 0) is 24.0 Å². The Balaban J connectivity index is 1.85. The molecule has 2 bridgehead atoms. The van der Waals surface area contributed by atoms with Crippen molar-refractivity contribution >= 4 is 0 Å². The third-order valence-electron chi connectivity index (χ3n) is 6.96. The molecule has 5 rings (SSSR count). The molecule has 0 amide bonds. The summed E-state index contributed by atoms with van der Waals surface area (Å²) in [6, 6.07) is 0. The number of fused-ring (bicyclic) bond motifs is 2. The quantitative estimate of drug-likeness (QED) is 0.661. The summed E-state index contributed by atoms with van der Waals surface area (Å²) < 4.78 is 58.4. The van der Waals surface area contributed by atoms with Crippen molar-refractivity contribution in [1.29, 1.82) is 0 Å². The van der Waals surface area contributed by atoms with Gasteiger partial charge in [0, 0.05) is 25.4 Å². The Morgan fingerprint density at radius 1 is 1.00 bits per heavy atom. The normalized spacial score (nSPS) is 55.6. The molecule has 5 aliphatic rings. The fourth-order valence-electron chi connectivity index (χ4n) is 5.59. The Labute approximate surface area is 145 Å². The fourth-order valence-corrected chi connectivity index (χ4v) is 5.59. The number of hydrogen-bond acceptors (Lipinski definition) is 5. The van der Waals surface area contributed by atoms with Crippen LogP contribution in [0.25, 0.3) is 0 Å². The summed E-state index contributed by atoms with van der Waals surface area (Å²) in [5.41, 5.74) is -1.03. The van der Waals surface area contributed by atoms with Gasteiger partial charge in [0.05, 0.1) is 0 Å². The molecule has 8 atom stereocenters. The number of halogens is 3. The zero-order valence-electron chi connectivity index (χ0n) is 14.9. The van der Waals surface area contributed by atoms with Crippen molar-refractivity contribution in [2.24, 2.45) is 23.7 Å². The Kier molecular flexibility index (Phi) is 3.82. The van der Waals surface area contributed by atoms with E-state index in [-0.39, 0.29) is 5.92 Å².